The van der Waals surface area contributed by atoms with E-state index in [0.717, 1.165) is 0 Å². The molecule has 88 valence electrons. The molecule has 16 heavy (non-hydrogen) atoms. The Balaban J connectivity index is 3.20. The fraction of sp³-hybridized carbons (Fsp3) is 0.455. The Morgan fingerprint density at radius 1 is 1.44 bits per heavy atom. The largest absolute Gasteiger partial charge is 0.396 e. The molecule has 0 aliphatic heterocycles. The number of aliphatic hydroxyl groups is 2. The maximum atomic E-state index is 10.6. The van der Waals surface area contributed by atoms with Gasteiger partial charge in [-0.3, -0.25) is 10.1 Å². The molecule has 1 aromatic rings. The number of non-ortho nitro benzene ring substituents is 1. The minimum atomic E-state index is -0.477. The van der Waals surface area contributed by atoms with Crippen LogP contribution < -0.4 is 0 Å². The number of hydrogen-bond donors (Lipinski definition) is 2. The van der Waals surface area contributed by atoms with Gasteiger partial charge in [0.05, 0.1) is 11.5 Å². The van der Waals surface area contributed by atoms with E-state index in [2.05, 4.69) is 0 Å². The second-order valence-electron chi connectivity index (χ2n) is 3.59. The van der Waals surface area contributed by atoms with Crippen molar-refractivity contribution in [3.05, 3.63) is 39.4 Å². The molecule has 0 fully saturated rings. The molecule has 1 rings (SSSR count). The first kappa shape index (κ1) is 12.6. The van der Waals surface area contributed by atoms with Crippen LogP contribution in [0.5, 0.6) is 0 Å². The van der Waals surface area contributed by atoms with Gasteiger partial charge in [-0.25, -0.2) is 0 Å². The molecule has 1 unspecified atom stereocenters. The lowest BCUT2D eigenvalue weighted by molar-refractivity contribution is -0.385. The fourth-order valence-electron chi connectivity index (χ4n) is 1.67. The topological polar surface area (TPSA) is 83.6 Å². The highest BCUT2D eigenvalue weighted by atomic mass is 16.6. The number of benzene rings is 1. The SMILES string of the molecule is CCC(CO)c1cc([N+](=O)[O-])ccc1CO. The smallest absolute Gasteiger partial charge is 0.269 e. The van der Waals surface area contributed by atoms with Gasteiger partial charge in [0.25, 0.3) is 5.69 Å². The zero-order valence-corrected chi connectivity index (χ0v) is 9.09. The van der Waals surface area contributed by atoms with Gasteiger partial charge < -0.3 is 10.2 Å². The quantitative estimate of drug-likeness (QED) is 0.588. The van der Waals surface area contributed by atoms with Gasteiger partial charge in [-0.05, 0) is 23.6 Å². The Labute approximate surface area is 93.5 Å². The molecule has 0 saturated carbocycles. The molecule has 0 aliphatic carbocycles. The van der Waals surface area contributed by atoms with E-state index in [9.17, 15) is 15.2 Å². The highest BCUT2D eigenvalue weighted by molar-refractivity contribution is 5.41. The van der Waals surface area contributed by atoms with Crippen molar-refractivity contribution in [2.45, 2.75) is 25.9 Å². The Morgan fingerprint density at radius 3 is 2.56 bits per heavy atom. The molecular formula is C11H15NO4. The molecule has 0 amide bonds. The summed E-state index contributed by atoms with van der Waals surface area (Å²) >= 11 is 0. The lowest BCUT2D eigenvalue weighted by atomic mass is 9.92. The molecule has 0 aliphatic rings. The maximum Gasteiger partial charge on any atom is 0.269 e. The summed E-state index contributed by atoms with van der Waals surface area (Å²) in [5, 5.41) is 28.9. The minimum absolute atomic E-state index is 0.0147. The van der Waals surface area contributed by atoms with Crippen molar-refractivity contribution < 1.29 is 15.1 Å². The van der Waals surface area contributed by atoms with Crippen LogP contribution in [-0.4, -0.2) is 21.7 Å². The molecule has 5 nitrogen and oxygen atoms in total. The number of rotatable bonds is 5. The van der Waals surface area contributed by atoms with E-state index in [4.69, 9.17) is 5.11 Å². The monoisotopic (exact) mass is 225 g/mol. The average Bonchev–Trinajstić information content (AvgIpc) is 2.30. The number of nitro groups is 1. The first-order valence-electron chi connectivity index (χ1n) is 5.13. The second-order valence-corrected chi connectivity index (χ2v) is 3.59. The lowest BCUT2D eigenvalue weighted by Crippen LogP contribution is -2.07. The standard InChI is InChI=1S/C11H15NO4/c1-2-8(6-13)11-5-10(12(15)16)4-3-9(11)7-14/h3-5,8,13-14H,2,6-7H2,1H3. The summed E-state index contributed by atoms with van der Waals surface area (Å²) in [6, 6.07) is 4.32. The highest BCUT2D eigenvalue weighted by Crippen LogP contribution is 2.27. The average molecular weight is 225 g/mol. The third kappa shape index (κ3) is 2.56. The number of nitro benzene ring substituents is 1. The van der Waals surface area contributed by atoms with Crippen LogP contribution in [0.1, 0.15) is 30.4 Å². The maximum absolute atomic E-state index is 10.6. The van der Waals surface area contributed by atoms with Crippen molar-refractivity contribution in [2.75, 3.05) is 6.61 Å². The summed E-state index contributed by atoms with van der Waals surface area (Å²) in [6.45, 7) is 1.63. The van der Waals surface area contributed by atoms with Gasteiger partial charge in [0.1, 0.15) is 0 Å². The predicted molar refractivity (Wildman–Crippen MR) is 59.1 cm³/mol. The molecule has 0 heterocycles. The van der Waals surface area contributed by atoms with Gasteiger partial charge in [-0.15, -0.1) is 0 Å². The molecule has 0 radical (unpaired) electrons. The van der Waals surface area contributed by atoms with Crippen LogP contribution in [0.25, 0.3) is 0 Å². The lowest BCUT2D eigenvalue weighted by Gasteiger charge is -2.15. The molecule has 1 atom stereocenters. The number of aliphatic hydroxyl groups excluding tert-OH is 2. The van der Waals surface area contributed by atoms with Gasteiger partial charge in [0, 0.05) is 24.7 Å². The van der Waals surface area contributed by atoms with Crippen LogP contribution in [0, 0.1) is 10.1 Å². The minimum Gasteiger partial charge on any atom is -0.396 e. The molecule has 5 heteroatoms. The zero-order valence-electron chi connectivity index (χ0n) is 9.09. The van der Waals surface area contributed by atoms with E-state index in [-0.39, 0.29) is 24.8 Å². The summed E-state index contributed by atoms with van der Waals surface area (Å²) in [4.78, 5) is 10.2. The third-order valence-corrected chi connectivity index (χ3v) is 2.66. The first-order chi connectivity index (χ1) is 7.63. The van der Waals surface area contributed by atoms with Crippen molar-refractivity contribution in [3.63, 3.8) is 0 Å². The van der Waals surface area contributed by atoms with Gasteiger partial charge in [-0.1, -0.05) is 6.92 Å². The molecule has 0 spiro atoms. The number of nitrogens with zero attached hydrogens (tertiary/aromatic N) is 1. The fourth-order valence-corrected chi connectivity index (χ4v) is 1.67. The van der Waals surface area contributed by atoms with Gasteiger partial charge in [0.2, 0.25) is 0 Å². The normalized spacial score (nSPS) is 12.4. The number of hydrogen-bond acceptors (Lipinski definition) is 4. The van der Waals surface area contributed by atoms with E-state index >= 15 is 0 Å². The van der Waals surface area contributed by atoms with Gasteiger partial charge >= 0.3 is 0 Å². The second kappa shape index (κ2) is 5.58. The Hall–Kier alpha value is -1.46. The molecule has 1 aromatic carbocycles. The van der Waals surface area contributed by atoms with E-state index in [0.29, 0.717) is 17.5 Å². The predicted octanol–water partition coefficient (Wildman–Crippen LogP) is 1.57. The van der Waals surface area contributed by atoms with Crippen LogP contribution in [0.4, 0.5) is 5.69 Å². The van der Waals surface area contributed by atoms with Crippen LogP contribution in [-0.2, 0) is 6.61 Å². The van der Waals surface area contributed by atoms with Crippen LogP contribution >= 0.6 is 0 Å². The van der Waals surface area contributed by atoms with E-state index in [1.807, 2.05) is 6.92 Å². The van der Waals surface area contributed by atoms with E-state index < -0.39 is 4.92 Å². The van der Waals surface area contributed by atoms with E-state index in [1.165, 1.54) is 18.2 Å². The Bertz CT molecular complexity index is 374. The summed E-state index contributed by atoms with van der Waals surface area (Å²) in [5.74, 6) is -0.165. The van der Waals surface area contributed by atoms with Crippen LogP contribution in [0.3, 0.4) is 0 Å². The summed E-state index contributed by atoms with van der Waals surface area (Å²) in [6.07, 6.45) is 0.671. The molecule has 0 saturated heterocycles. The highest BCUT2D eigenvalue weighted by Gasteiger charge is 2.16. The van der Waals surface area contributed by atoms with Gasteiger partial charge in [-0.2, -0.15) is 0 Å². The van der Waals surface area contributed by atoms with Crippen molar-refractivity contribution >= 4 is 5.69 Å². The van der Waals surface area contributed by atoms with Crippen molar-refractivity contribution in [1.29, 1.82) is 0 Å². The van der Waals surface area contributed by atoms with Crippen LogP contribution in [0.15, 0.2) is 18.2 Å². The van der Waals surface area contributed by atoms with Gasteiger partial charge in [0.15, 0.2) is 0 Å². The van der Waals surface area contributed by atoms with Crippen molar-refractivity contribution in [1.82, 2.24) is 0 Å². The first-order valence-corrected chi connectivity index (χ1v) is 5.13. The van der Waals surface area contributed by atoms with Crippen LogP contribution in [0.2, 0.25) is 0 Å². The van der Waals surface area contributed by atoms with Crippen molar-refractivity contribution in [3.8, 4) is 0 Å². The molecule has 0 aromatic heterocycles. The molecule has 2 N–H and O–H groups in total. The van der Waals surface area contributed by atoms with E-state index in [1.54, 1.807) is 0 Å². The molecule has 0 bridgehead atoms. The van der Waals surface area contributed by atoms with Crippen molar-refractivity contribution in [2.24, 2.45) is 0 Å². The molecular weight excluding hydrogens is 210 g/mol. The zero-order chi connectivity index (χ0) is 12.1. The summed E-state index contributed by atoms with van der Waals surface area (Å²) < 4.78 is 0. The summed E-state index contributed by atoms with van der Waals surface area (Å²) in [7, 11) is 0. The Morgan fingerprint density at radius 2 is 2.12 bits per heavy atom. The Kier molecular flexibility index (Phi) is 4.39. The summed E-state index contributed by atoms with van der Waals surface area (Å²) in [5.41, 5.74) is 1.27. The third-order valence-electron chi connectivity index (χ3n) is 2.66.